The number of rotatable bonds is 5. The van der Waals surface area contributed by atoms with E-state index in [-0.39, 0.29) is 0 Å². The van der Waals surface area contributed by atoms with Crippen LogP contribution < -0.4 is 9.47 Å². The Labute approximate surface area is 217 Å². The predicted octanol–water partition coefficient (Wildman–Crippen LogP) is 8.26. The second-order valence-electron chi connectivity index (χ2n) is 8.06. The van der Waals surface area contributed by atoms with Gasteiger partial charge < -0.3 is 4.90 Å². The van der Waals surface area contributed by atoms with Crippen LogP contribution in [0.25, 0.3) is 34.5 Å². The van der Waals surface area contributed by atoms with Crippen LogP contribution in [0, 0.1) is 0 Å². The molecule has 0 aliphatic carbocycles. The van der Waals surface area contributed by atoms with Crippen molar-refractivity contribution in [1.29, 1.82) is 0 Å². The quantitative estimate of drug-likeness (QED) is 0.215. The van der Waals surface area contributed by atoms with Crippen molar-refractivity contribution in [3.8, 4) is 22.4 Å². The van der Waals surface area contributed by atoms with E-state index in [1.807, 2.05) is 26.2 Å². The van der Waals surface area contributed by atoms with E-state index in [1.54, 1.807) is 0 Å². The zero-order valence-corrected chi connectivity index (χ0v) is 22.6. The van der Waals surface area contributed by atoms with E-state index in [1.165, 1.54) is 5.69 Å². The SMILES string of the molecule is CN(C)c1ccc(C=Cc2cc(-c3ccc(Br)cc3Cl)cc(-c3ccc(Br)cc3)[n+]2C)cc1. The first-order valence-corrected chi connectivity index (χ1v) is 12.5. The molecule has 166 valence electrons. The van der Waals surface area contributed by atoms with Gasteiger partial charge in [0.2, 0.25) is 11.4 Å². The lowest BCUT2D eigenvalue weighted by Crippen LogP contribution is -2.34. The number of benzene rings is 3. The first-order valence-electron chi connectivity index (χ1n) is 10.5. The van der Waals surface area contributed by atoms with Crippen LogP contribution in [0.1, 0.15) is 11.3 Å². The van der Waals surface area contributed by atoms with Gasteiger partial charge in [-0.15, -0.1) is 0 Å². The van der Waals surface area contributed by atoms with E-state index in [4.69, 9.17) is 11.6 Å². The summed E-state index contributed by atoms with van der Waals surface area (Å²) < 4.78 is 4.24. The lowest BCUT2D eigenvalue weighted by Gasteiger charge is -2.12. The molecule has 5 heteroatoms. The first-order chi connectivity index (χ1) is 15.8. The monoisotopic (exact) mass is 581 g/mol. The molecule has 0 unspecified atom stereocenters. The predicted molar refractivity (Wildman–Crippen MR) is 149 cm³/mol. The van der Waals surface area contributed by atoms with Crippen molar-refractivity contribution in [3.63, 3.8) is 0 Å². The molecule has 0 saturated carbocycles. The summed E-state index contributed by atoms with van der Waals surface area (Å²) >= 11 is 13.7. The maximum Gasteiger partial charge on any atom is 0.213 e. The molecule has 3 aromatic carbocycles. The molecule has 0 aliphatic heterocycles. The highest BCUT2D eigenvalue weighted by Crippen LogP contribution is 2.33. The number of nitrogens with zero attached hydrogens (tertiary/aromatic N) is 2. The molecule has 0 spiro atoms. The molecule has 33 heavy (non-hydrogen) atoms. The molecule has 0 atom stereocenters. The van der Waals surface area contributed by atoms with E-state index < -0.39 is 0 Å². The van der Waals surface area contributed by atoms with E-state index in [2.05, 4.69) is 127 Å². The Morgan fingerprint density at radius 2 is 1.42 bits per heavy atom. The van der Waals surface area contributed by atoms with Gasteiger partial charge >= 0.3 is 0 Å². The van der Waals surface area contributed by atoms with Gasteiger partial charge in [-0.05, 0) is 65.7 Å². The van der Waals surface area contributed by atoms with Crippen molar-refractivity contribution < 1.29 is 4.57 Å². The minimum atomic E-state index is 0.717. The Kier molecular flexibility index (Phi) is 7.38. The van der Waals surface area contributed by atoms with Crippen molar-refractivity contribution >= 4 is 61.3 Å². The fourth-order valence-corrected chi connectivity index (χ4v) is 4.73. The van der Waals surface area contributed by atoms with Gasteiger partial charge in [0.25, 0.3) is 0 Å². The number of hydrogen-bond donors (Lipinski definition) is 0. The average Bonchev–Trinajstić information content (AvgIpc) is 2.79. The van der Waals surface area contributed by atoms with E-state index in [0.29, 0.717) is 5.02 Å². The molecule has 0 amide bonds. The Bertz CT molecular complexity index is 1310. The normalized spacial score (nSPS) is 11.2. The van der Waals surface area contributed by atoms with Crippen molar-refractivity contribution in [2.24, 2.45) is 7.05 Å². The van der Waals surface area contributed by atoms with Gasteiger partial charge in [-0.1, -0.05) is 61.7 Å². The highest BCUT2D eigenvalue weighted by atomic mass is 79.9. The molecular weight excluding hydrogens is 560 g/mol. The molecular formula is C28H24Br2ClN2+. The van der Waals surface area contributed by atoms with Crippen LogP contribution in [0.3, 0.4) is 0 Å². The van der Waals surface area contributed by atoms with Gasteiger partial charge in [-0.2, -0.15) is 4.57 Å². The largest absolute Gasteiger partial charge is 0.378 e. The van der Waals surface area contributed by atoms with Crippen LogP contribution in [0.4, 0.5) is 5.69 Å². The maximum atomic E-state index is 6.62. The van der Waals surface area contributed by atoms with Crippen molar-refractivity contribution in [2.45, 2.75) is 0 Å². The number of hydrogen-bond acceptors (Lipinski definition) is 1. The molecule has 0 radical (unpaired) electrons. The van der Waals surface area contributed by atoms with E-state index >= 15 is 0 Å². The minimum Gasteiger partial charge on any atom is -0.378 e. The topological polar surface area (TPSA) is 7.12 Å². The molecule has 1 aromatic heterocycles. The van der Waals surface area contributed by atoms with Gasteiger partial charge in [0.05, 0.1) is 0 Å². The summed E-state index contributed by atoms with van der Waals surface area (Å²) in [4.78, 5) is 2.10. The minimum absolute atomic E-state index is 0.717. The second-order valence-corrected chi connectivity index (χ2v) is 10.3. The van der Waals surface area contributed by atoms with Crippen LogP contribution in [0.5, 0.6) is 0 Å². The smallest absolute Gasteiger partial charge is 0.213 e. The van der Waals surface area contributed by atoms with Crippen LogP contribution >= 0.6 is 43.5 Å². The molecule has 1 heterocycles. The van der Waals surface area contributed by atoms with Crippen LogP contribution in [-0.4, -0.2) is 14.1 Å². The van der Waals surface area contributed by atoms with Gasteiger partial charge in [-0.3, -0.25) is 0 Å². The summed E-state index contributed by atoms with van der Waals surface area (Å²) in [5.74, 6) is 0. The lowest BCUT2D eigenvalue weighted by atomic mass is 10.0. The maximum absolute atomic E-state index is 6.62. The summed E-state index contributed by atoms with van der Waals surface area (Å²) in [6, 6.07) is 27.3. The van der Waals surface area contributed by atoms with E-state index in [9.17, 15) is 0 Å². The van der Waals surface area contributed by atoms with Crippen molar-refractivity contribution in [3.05, 3.63) is 104 Å². The Hall–Kier alpha value is -2.40. The molecule has 0 saturated heterocycles. The Morgan fingerprint density at radius 3 is 2.06 bits per heavy atom. The third-order valence-electron chi connectivity index (χ3n) is 5.58. The highest BCUT2D eigenvalue weighted by Gasteiger charge is 2.18. The first kappa shape index (κ1) is 23.7. The average molecular weight is 584 g/mol. The van der Waals surface area contributed by atoms with Crippen LogP contribution in [0.2, 0.25) is 5.02 Å². The molecule has 4 aromatic rings. The zero-order valence-electron chi connectivity index (χ0n) is 18.7. The van der Waals surface area contributed by atoms with Gasteiger partial charge in [0, 0.05) is 63.1 Å². The highest BCUT2D eigenvalue weighted by molar-refractivity contribution is 9.10. The van der Waals surface area contributed by atoms with Crippen molar-refractivity contribution in [2.75, 3.05) is 19.0 Å². The fourth-order valence-electron chi connectivity index (χ4n) is 3.68. The summed E-state index contributed by atoms with van der Waals surface area (Å²) in [6.07, 6.45) is 4.30. The van der Waals surface area contributed by atoms with Crippen molar-refractivity contribution in [1.82, 2.24) is 0 Å². The molecule has 0 bridgehead atoms. The standard InChI is InChI=1S/C28H24Br2ClN2/c1-32(2)24-12-4-19(5-13-24)6-14-25-16-21(26-15-11-23(30)18-27(26)31)17-28(33(25)3)20-7-9-22(29)10-8-20/h4-18H,1-3H3/q+1. The van der Waals surface area contributed by atoms with E-state index in [0.717, 1.165) is 42.6 Å². The Morgan fingerprint density at radius 1 is 0.758 bits per heavy atom. The molecule has 0 aliphatic rings. The summed E-state index contributed by atoms with van der Waals surface area (Å²) in [5.41, 5.74) is 7.75. The zero-order chi connectivity index (χ0) is 23.5. The molecule has 4 rings (SSSR count). The van der Waals surface area contributed by atoms with Gasteiger partial charge in [-0.25, -0.2) is 0 Å². The van der Waals surface area contributed by atoms with Gasteiger partial charge in [0.15, 0.2) is 0 Å². The third kappa shape index (κ3) is 5.57. The molecule has 0 N–H and O–H groups in total. The molecule has 2 nitrogen and oxygen atoms in total. The van der Waals surface area contributed by atoms with Crippen LogP contribution in [-0.2, 0) is 7.05 Å². The number of anilines is 1. The second kappa shape index (κ2) is 10.3. The summed E-state index contributed by atoms with van der Waals surface area (Å²) in [7, 11) is 6.19. The third-order valence-corrected chi connectivity index (χ3v) is 6.92. The van der Waals surface area contributed by atoms with Crippen LogP contribution in [0.15, 0.2) is 87.8 Å². The Balaban J connectivity index is 1.82. The number of halogens is 3. The fraction of sp³-hybridized carbons (Fsp3) is 0.107. The number of pyridine rings is 1. The summed E-state index contributed by atoms with van der Waals surface area (Å²) in [6.45, 7) is 0. The lowest BCUT2D eigenvalue weighted by molar-refractivity contribution is -0.662. The summed E-state index contributed by atoms with van der Waals surface area (Å²) in [5, 5.41) is 0.717. The molecule has 0 fully saturated rings. The number of aromatic nitrogens is 1. The van der Waals surface area contributed by atoms with Gasteiger partial charge in [0.1, 0.15) is 7.05 Å².